The Morgan fingerprint density at radius 3 is 2.87 bits per heavy atom. The lowest BCUT2D eigenvalue weighted by molar-refractivity contribution is -0.126. The van der Waals surface area contributed by atoms with Crippen LogP contribution < -0.4 is 20.3 Å². The van der Waals surface area contributed by atoms with Crippen molar-refractivity contribution in [3.8, 4) is 5.75 Å². The van der Waals surface area contributed by atoms with Crippen molar-refractivity contribution in [2.45, 2.75) is 19.4 Å². The van der Waals surface area contributed by atoms with E-state index in [2.05, 4.69) is 10.6 Å². The van der Waals surface area contributed by atoms with Crippen molar-refractivity contribution in [2.75, 3.05) is 31.8 Å². The molecule has 0 unspecified atom stereocenters. The van der Waals surface area contributed by atoms with Crippen molar-refractivity contribution in [1.82, 2.24) is 15.5 Å². The molecule has 0 fully saturated rings. The lowest BCUT2D eigenvalue weighted by atomic mass is 10.2. The number of fused-ring (bicyclic) bond motifs is 1. The van der Waals surface area contributed by atoms with Crippen molar-refractivity contribution in [2.24, 2.45) is 0 Å². The highest BCUT2D eigenvalue weighted by atomic mass is 16.5. The van der Waals surface area contributed by atoms with E-state index in [1.54, 1.807) is 43.1 Å². The largest absolute Gasteiger partial charge is 0.489 e. The first-order valence-electron chi connectivity index (χ1n) is 9.63. The first-order valence-corrected chi connectivity index (χ1v) is 9.63. The quantitative estimate of drug-likeness (QED) is 0.599. The fraction of sp³-hybridized carbons (Fsp3) is 0.333. The molecule has 30 heavy (non-hydrogen) atoms. The Labute approximate surface area is 174 Å². The predicted molar refractivity (Wildman–Crippen MR) is 112 cm³/mol. The monoisotopic (exact) mass is 411 g/mol. The summed E-state index contributed by atoms with van der Waals surface area (Å²) >= 11 is 0. The molecular weight excluding hydrogens is 386 g/mol. The van der Waals surface area contributed by atoms with Gasteiger partial charge in [-0.15, -0.1) is 0 Å². The van der Waals surface area contributed by atoms with Crippen molar-refractivity contribution >= 4 is 29.1 Å². The first-order chi connectivity index (χ1) is 14.4. The number of anilines is 1. The molecule has 0 saturated heterocycles. The summed E-state index contributed by atoms with van der Waals surface area (Å²) in [4.78, 5) is 39.9. The second-order valence-electron chi connectivity index (χ2n) is 7.07. The number of rotatable bonds is 6. The summed E-state index contributed by atoms with van der Waals surface area (Å²) in [5, 5.41) is 13.6. The zero-order valence-corrected chi connectivity index (χ0v) is 17.0. The summed E-state index contributed by atoms with van der Waals surface area (Å²) < 4.78 is 5.66. The average molecular weight is 411 g/mol. The molecule has 0 aliphatic carbocycles. The third-order valence-electron chi connectivity index (χ3n) is 4.86. The van der Waals surface area contributed by atoms with Crippen molar-refractivity contribution in [1.29, 1.82) is 5.41 Å². The smallest absolute Gasteiger partial charge is 0.269 e. The van der Waals surface area contributed by atoms with Gasteiger partial charge in [-0.2, -0.15) is 0 Å². The van der Waals surface area contributed by atoms with E-state index < -0.39 is 11.9 Å². The number of ether oxygens (including phenoxy) is 1. The van der Waals surface area contributed by atoms with Crippen LogP contribution in [0.3, 0.4) is 0 Å². The number of nitrogens with one attached hydrogen (secondary N) is 3. The van der Waals surface area contributed by atoms with E-state index in [1.807, 2.05) is 6.08 Å². The van der Waals surface area contributed by atoms with E-state index in [0.717, 1.165) is 6.42 Å². The highest BCUT2D eigenvalue weighted by Gasteiger charge is 2.30. The minimum absolute atomic E-state index is 0.0231. The lowest BCUT2D eigenvalue weighted by Gasteiger charge is -2.24. The SMILES string of the molecule is C/C(=C/C(=N)C(=O)N[C@H]1COc2ccccc2N(C)C1=O)NCN1CCC=CC1=O. The molecular formula is C21H25N5O4. The summed E-state index contributed by atoms with van der Waals surface area (Å²) in [5.74, 6) is -0.528. The zero-order valence-electron chi connectivity index (χ0n) is 17.0. The molecule has 0 radical (unpaired) electrons. The van der Waals surface area contributed by atoms with Crippen LogP contribution in [0.15, 0.2) is 48.2 Å². The predicted octanol–water partition coefficient (Wildman–Crippen LogP) is 0.786. The lowest BCUT2D eigenvalue weighted by Crippen LogP contribution is -2.50. The fourth-order valence-electron chi connectivity index (χ4n) is 3.13. The van der Waals surface area contributed by atoms with Gasteiger partial charge in [0.05, 0.1) is 12.4 Å². The number of para-hydroxylation sites is 2. The number of carbonyl (C=O) groups is 3. The number of likely N-dealkylation sites (N-methyl/N-ethyl adjacent to an activating group) is 1. The molecule has 0 saturated carbocycles. The van der Waals surface area contributed by atoms with Crippen molar-refractivity contribution in [3.05, 3.63) is 48.2 Å². The number of benzene rings is 1. The Hall–Kier alpha value is -3.62. The number of allylic oxidation sites excluding steroid dienone is 1. The molecule has 9 nitrogen and oxygen atoms in total. The first kappa shape index (κ1) is 21.1. The van der Waals surface area contributed by atoms with Gasteiger partial charge in [0.1, 0.15) is 24.1 Å². The Morgan fingerprint density at radius 1 is 1.33 bits per heavy atom. The van der Waals surface area contributed by atoms with Gasteiger partial charge in [0.2, 0.25) is 5.91 Å². The maximum absolute atomic E-state index is 12.7. The molecule has 2 aliphatic rings. The summed E-state index contributed by atoms with van der Waals surface area (Å²) in [7, 11) is 1.62. The number of carbonyl (C=O) groups excluding carboxylic acids is 3. The topological polar surface area (TPSA) is 115 Å². The fourth-order valence-corrected chi connectivity index (χ4v) is 3.13. The average Bonchev–Trinajstić information content (AvgIpc) is 2.85. The second-order valence-corrected chi connectivity index (χ2v) is 7.07. The molecule has 0 spiro atoms. The Balaban J connectivity index is 1.56. The zero-order chi connectivity index (χ0) is 21.7. The van der Waals surface area contributed by atoms with E-state index >= 15 is 0 Å². The number of nitrogens with zero attached hydrogens (tertiary/aromatic N) is 2. The van der Waals surface area contributed by atoms with Crippen LogP contribution in [0.1, 0.15) is 13.3 Å². The highest BCUT2D eigenvalue weighted by molar-refractivity contribution is 6.42. The molecule has 3 N–H and O–H groups in total. The van der Waals surface area contributed by atoms with E-state index in [1.165, 1.54) is 17.1 Å². The third kappa shape index (κ3) is 4.86. The summed E-state index contributed by atoms with van der Waals surface area (Å²) in [6.07, 6.45) is 5.52. The Morgan fingerprint density at radius 2 is 2.10 bits per heavy atom. The summed E-state index contributed by atoms with van der Waals surface area (Å²) in [6, 6.07) is 6.22. The number of hydrogen-bond donors (Lipinski definition) is 3. The maximum atomic E-state index is 12.7. The number of hydrogen-bond acceptors (Lipinski definition) is 6. The van der Waals surface area contributed by atoms with Crippen LogP contribution in [0.25, 0.3) is 0 Å². The standard InChI is InChI=1S/C21H25N5O4/c1-14(23-13-26-10-6-5-9-19(26)27)11-15(22)20(28)24-16-12-30-18-8-4-3-7-17(18)25(2)21(16)29/h3-5,7-9,11,16,22-23H,6,10,12-13H2,1-2H3,(H,24,28)/b14-11-,22-15?/t16-/m0/s1. The van der Waals surface area contributed by atoms with Crippen LogP contribution in [0.5, 0.6) is 5.75 Å². The highest BCUT2D eigenvalue weighted by Crippen LogP contribution is 2.29. The van der Waals surface area contributed by atoms with Gasteiger partial charge in [0.15, 0.2) is 0 Å². The van der Waals surface area contributed by atoms with Crippen LogP contribution >= 0.6 is 0 Å². The van der Waals surface area contributed by atoms with E-state index in [-0.39, 0.29) is 24.1 Å². The van der Waals surface area contributed by atoms with Crippen LogP contribution in [-0.4, -0.2) is 61.2 Å². The molecule has 1 aromatic carbocycles. The van der Waals surface area contributed by atoms with Crippen molar-refractivity contribution in [3.63, 3.8) is 0 Å². The van der Waals surface area contributed by atoms with Crippen LogP contribution in [0.4, 0.5) is 5.69 Å². The molecule has 158 valence electrons. The molecule has 1 atom stereocenters. The van der Waals surface area contributed by atoms with Gasteiger partial charge >= 0.3 is 0 Å². The van der Waals surface area contributed by atoms with E-state index in [4.69, 9.17) is 10.1 Å². The van der Waals surface area contributed by atoms with E-state index in [0.29, 0.717) is 30.3 Å². The van der Waals surface area contributed by atoms with Crippen LogP contribution in [0.2, 0.25) is 0 Å². The Kier molecular flexibility index (Phi) is 6.51. The minimum atomic E-state index is -0.908. The van der Waals surface area contributed by atoms with Gasteiger partial charge in [-0.1, -0.05) is 18.2 Å². The molecule has 2 aliphatic heterocycles. The molecule has 3 amide bonds. The molecule has 2 heterocycles. The second kappa shape index (κ2) is 9.25. The van der Waals surface area contributed by atoms with Crippen LogP contribution in [-0.2, 0) is 14.4 Å². The maximum Gasteiger partial charge on any atom is 0.269 e. The molecule has 0 aromatic heterocycles. The summed E-state index contributed by atoms with van der Waals surface area (Å²) in [5.41, 5.74) is 0.879. The van der Waals surface area contributed by atoms with Gasteiger partial charge in [0.25, 0.3) is 11.8 Å². The summed E-state index contributed by atoms with van der Waals surface area (Å²) in [6.45, 7) is 2.59. The number of amides is 3. The van der Waals surface area contributed by atoms with Crippen LogP contribution in [0, 0.1) is 5.41 Å². The minimum Gasteiger partial charge on any atom is -0.489 e. The molecule has 1 aromatic rings. The van der Waals surface area contributed by atoms with Gasteiger partial charge in [-0.3, -0.25) is 19.8 Å². The molecule has 3 rings (SSSR count). The van der Waals surface area contributed by atoms with Gasteiger partial charge < -0.3 is 25.2 Å². The van der Waals surface area contributed by atoms with Gasteiger partial charge in [0, 0.05) is 19.3 Å². The third-order valence-corrected chi connectivity index (χ3v) is 4.86. The Bertz CT molecular complexity index is 924. The van der Waals surface area contributed by atoms with Crippen molar-refractivity contribution < 1.29 is 19.1 Å². The van der Waals surface area contributed by atoms with E-state index in [9.17, 15) is 14.4 Å². The van der Waals surface area contributed by atoms with Gasteiger partial charge in [-0.25, -0.2) is 0 Å². The molecule has 0 bridgehead atoms. The molecule has 9 heteroatoms. The van der Waals surface area contributed by atoms with Gasteiger partial charge in [-0.05, 0) is 37.6 Å². The normalized spacial score (nSPS) is 19.0.